The summed E-state index contributed by atoms with van der Waals surface area (Å²) in [7, 11) is 0. The number of carbonyl (C=O) groups excluding carboxylic acids is 2. The molecule has 0 saturated heterocycles. The van der Waals surface area contributed by atoms with E-state index in [0.717, 1.165) is 22.5 Å². The molecule has 2 N–H and O–H groups in total. The summed E-state index contributed by atoms with van der Waals surface area (Å²) in [6.45, 7) is 11.5. The number of anilines is 2. The third kappa shape index (κ3) is 4.72. The van der Waals surface area contributed by atoms with Gasteiger partial charge in [0.1, 0.15) is 0 Å². The Morgan fingerprint density at radius 3 is 1.31 bits per heavy atom. The first-order chi connectivity index (χ1) is 12.2. The Kier molecular flexibility index (Phi) is 6.19. The van der Waals surface area contributed by atoms with E-state index in [1.807, 2.05) is 24.3 Å². The van der Waals surface area contributed by atoms with Crippen molar-refractivity contribution >= 4 is 23.2 Å². The van der Waals surface area contributed by atoms with Gasteiger partial charge in [0.25, 0.3) is 0 Å². The van der Waals surface area contributed by atoms with Gasteiger partial charge in [-0.15, -0.1) is 0 Å². The minimum atomic E-state index is -0.121. The quantitative estimate of drug-likeness (QED) is 0.744. The predicted octanol–water partition coefficient (Wildman–Crippen LogP) is 5.52. The second-order valence-electron chi connectivity index (χ2n) is 7.28. The zero-order valence-electron chi connectivity index (χ0n) is 16.4. The van der Waals surface area contributed by atoms with Crippen LogP contribution in [-0.4, -0.2) is 11.8 Å². The SMILES string of the molecule is CC(=O)Nc1ccc(C(C)C)cc1-c1cc(C(C)C)ccc1NC(C)=O. The molecule has 138 valence electrons. The molecule has 4 nitrogen and oxygen atoms in total. The van der Waals surface area contributed by atoms with Gasteiger partial charge in [0, 0.05) is 36.3 Å². The van der Waals surface area contributed by atoms with Gasteiger partial charge in [-0.25, -0.2) is 0 Å². The first kappa shape index (κ1) is 19.7. The van der Waals surface area contributed by atoms with Gasteiger partial charge in [-0.05, 0) is 47.2 Å². The number of benzene rings is 2. The summed E-state index contributed by atoms with van der Waals surface area (Å²) in [6.07, 6.45) is 0. The number of amides is 2. The van der Waals surface area contributed by atoms with Gasteiger partial charge in [0.2, 0.25) is 11.8 Å². The molecule has 0 aromatic heterocycles. The number of rotatable bonds is 5. The monoisotopic (exact) mass is 352 g/mol. The Bertz CT molecular complexity index is 753. The van der Waals surface area contributed by atoms with E-state index >= 15 is 0 Å². The molecule has 2 aromatic carbocycles. The van der Waals surface area contributed by atoms with Crippen LogP contribution in [0, 0.1) is 0 Å². The van der Waals surface area contributed by atoms with E-state index in [-0.39, 0.29) is 11.8 Å². The molecule has 0 spiro atoms. The lowest BCUT2D eigenvalue weighted by atomic mass is 9.92. The van der Waals surface area contributed by atoms with Crippen molar-refractivity contribution in [1.29, 1.82) is 0 Å². The van der Waals surface area contributed by atoms with Gasteiger partial charge in [-0.2, -0.15) is 0 Å². The zero-order valence-corrected chi connectivity index (χ0v) is 16.4. The lowest BCUT2D eigenvalue weighted by molar-refractivity contribution is -0.115. The van der Waals surface area contributed by atoms with E-state index in [1.165, 1.54) is 25.0 Å². The molecule has 0 aliphatic carbocycles. The summed E-state index contributed by atoms with van der Waals surface area (Å²) >= 11 is 0. The number of hydrogen-bond acceptors (Lipinski definition) is 2. The summed E-state index contributed by atoms with van der Waals surface area (Å²) in [4.78, 5) is 23.3. The maximum absolute atomic E-state index is 11.7. The second-order valence-corrected chi connectivity index (χ2v) is 7.28. The molecule has 2 amide bonds. The van der Waals surface area contributed by atoms with Gasteiger partial charge < -0.3 is 10.6 Å². The topological polar surface area (TPSA) is 58.2 Å². The van der Waals surface area contributed by atoms with Gasteiger partial charge in [0.15, 0.2) is 0 Å². The summed E-state index contributed by atoms with van der Waals surface area (Å²) in [5.74, 6) is 0.476. The number of carbonyl (C=O) groups is 2. The Morgan fingerprint density at radius 1 is 0.692 bits per heavy atom. The lowest BCUT2D eigenvalue weighted by Gasteiger charge is -2.19. The third-order valence-corrected chi connectivity index (χ3v) is 4.33. The minimum Gasteiger partial charge on any atom is -0.326 e. The van der Waals surface area contributed by atoms with E-state index < -0.39 is 0 Å². The molecular weight excluding hydrogens is 324 g/mol. The van der Waals surface area contributed by atoms with Crippen LogP contribution in [0.15, 0.2) is 36.4 Å². The van der Waals surface area contributed by atoms with Crippen molar-refractivity contribution in [2.75, 3.05) is 10.6 Å². The Morgan fingerprint density at radius 2 is 1.04 bits per heavy atom. The van der Waals surface area contributed by atoms with E-state index in [9.17, 15) is 9.59 Å². The van der Waals surface area contributed by atoms with Crippen LogP contribution in [-0.2, 0) is 9.59 Å². The molecule has 4 heteroatoms. The molecule has 0 fully saturated rings. The summed E-state index contributed by atoms with van der Waals surface area (Å²) in [6, 6.07) is 12.1. The predicted molar refractivity (Wildman–Crippen MR) is 109 cm³/mol. The Balaban J connectivity index is 2.73. The Hall–Kier alpha value is -2.62. The van der Waals surface area contributed by atoms with Crippen molar-refractivity contribution in [1.82, 2.24) is 0 Å². The standard InChI is InChI=1S/C22H28N2O2/c1-13(2)17-7-9-21(23-15(5)25)19(11-17)20-12-18(14(3)4)8-10-22(20)24-16(6)26/h7-14H,1-6H3,(H,23,25)(H,24,26). The summed E-state index contributed by atoms with van der Waals surface area (Å²) < 4.78 is 0. The largest absolute Gasteiger partial charge is 0.326 e. The molecule has 2 rings (SSSR count). The molecule has 0 atom stereocenters. The maximum Gasteiger partial charge on any atom is 0.221 e. The Labute approximate surface area is 156 Å². The lowest BCUT2D eigenvalue weighted by Crippen LogP contribution is -2.10. The highest BCUT2D eigenvalue weighted by molar-refractivity contribution is 5.99. The number of hydrogen-bond donors (Lipinski definition) is 2. The van der Waals surface area contributed by atoms with Gasteiger partial charge >= 0.3 is 0 Å². The smallest absolute Gasteiger partial charge is 0.221 e. The van der Waals surface area contributed by atoms with Crippen molar-refractivity contribution in [2.45, 2.75) is 53.4 Å². The van der Waals surface area contributed by atoms with Crippen molar-refractivity contribution in [3.63, 3.8) is 0 Å². The first-order valence-corrected chi connectivity index (χ1v) is 9.02. The summed E-state index contributed by atoms with van der Waals surface area (Å²) in [5, 5.41) is 5.83. The van der Waals surface area contributed by atoms with Crippen LogP contribution in [0.1, 0.15) is 64.5 Å². The van der Waals surface area contributed by atoms with Crippen LogP contribution in [0.3, 0.4) is 0 Å². The van der Waals surface area contributed by atoms with Crippen LogP contribution in [0.5, 0.6) is 0 Å². The van der Waals surface area contributed by atoms with Gasteiger partial charge in [0.05, 0.1) is 0 Å². The molecule has 0 aliphatic rings. The van der Waals surface area contributed by atoms with E-state index in [4.69, 9.17) is 0 Å². The average Bonchev–Trinajstić information content (AvgIpc) is 2.54. The van der Waals surface area contributed by atoms with E-state index in [0.29, 0.717) is 11.8 Å². The van der Waals surface area contributed by atoms with Crippen molar-refractivity contribution in [2.24, 2.45) is 0 Å². The zero-order chi connectivity index (χ0) is 19.4. The third-order valence-electron chi connectivity index (χ3n) is 4.33. The highest BCUT2D eigenvalue weighted by Gasteiger charge is 2.15. The second kappa shape index (κ2) is 8.17. The molecule has 0 bridgehead atoms. The van der Waals surface area contributed by atoms with E-state index in [1.54, 1.807) is 0 Å². The molecule has 0 aliphatic heterocycles. The fourth-order valence-corrected chi connectivity index (χ4v) is 2.88. The molecular formula is C22H28N2O2. The normalized spacial score (nSPS) is 10.9. The average molecular weight is 352 g/mol. The van der Waals surface area contributed by atoms with Crippen molar-refractivity contribution < 1.29 is 9.59 Å². The molecule has 0 saturated carbocycles. The van der Waals surface area contributed by atoms with Crippen LogP contribution in [0.25, 0.3) is 11.1 Å². The molecule has 0 unspecified atom stereocenters. The van der Waals surface area contributed by atoms with E-state index in [2.05, 4.69) is 50.5 Å². The molecule has 0 radical (unpaired) electrons. The highest BCUT2D eigenvalue weighted by atomic mass is 16.2. The van der Waals surface area contributed by atoms with Crippen LogP contribution in [0.2, 0.25) is 0 Å². The van der Waals surface area contributed by atoms with Gasteiger partial charge in [-0.3, -0.25) is 9.59 Å². The number of nitrogens with one attached hydrogen (secondary N) is 2. The summed E-state index contributed by atoms with van der Waals surface area (Å²) in [5.41, 5.74) is 5.68. The fraction of sp³-hybridized carbons (Fsp3) is 0.364. The first-order valence-electron chi connectivity index (χ1n) is 9.02. The van der Waals surface area contributed by atoms with Crippen LogP contribution >= 0.6 is 0 Å². The fourth-order valence-electron chi connectivity index (χ4n) is 2.88. The molecule has 26 heavy (non-hydrogen) atoms. The molecule has 2 aromatic rings. The van der Waals surface area contributed by atoms with Crippen molar-refractivity contribution in [3.8, 4) is 11.1 Å². The van der Waals surface area contributed by atoms with Gasteiger partial charge in [-0.1, -0.05) is 39.8 Å². The van der Waals surface area contributed by atoms with Crippen molar-refractivity contribution in [3.05, 3.63) is 47.5 Å². The highest BCUT2D eigenvalue weighted by Crippen LogP contribution is 2.37. The van der Waals surface area contributed by atoms with Crippen LogP contribution in [0.4, 0.5) is 11.4 Å². The maximum atomic E-state index is 11.7. The minimum absolute atomic E-state index is 0.121. The molecule has 0 heterocycles. The van der Waals surface area contributed by atoms with Crippen LogP contribution < -0.4 is 10.6 Å².